The van der Waals surface area contributed by atoms with Crippen molar-refractivity contribution in [2.45, 2.75) is 4.90 Å². The second-order valence-corrected chi connectivity index (χ2v) is 8.41. The molecule has 0 saturated heterocycles. The van der Waals surface area contributed by atoms with Crippen LogP contribution in [0.1, 0.15) is 10.4 Å². The standard InChI is InChI=1S/C18H20N2O3S2/c1-4-12-24-17-11-6-5-10-16(17)18(21)19-14-8-7-9-15(13-14)20(2)25(3,22)23/h4-11,13H,1,12H2,2-3H3,(H,19,21). The van der Waals surface area contributed by atoms with E-state index in [4.69, 9.17) is 0 Å². The van der Waals surface area contributed by atoms with E-state index < -0.39 is 10.0 Å². The van der Waals surface area contributed by atoms with Gasteiger partial charge in [0.15, 0.2) is 0 Å². The molecule has 0 saturated carbocycles. The largest absolute Gasteiger partial charge is 0.322 e. The molecule has 0 aliphatic rings. The van der Waals surface area contributed by atoms with E-state index in [0.717, 1.165) is 15.5 Å². The Bertz CT molecular complexity index is 879. The van der Waals surface area contributed by atoms with Gasteiger partial charge in [-0.25, -0.2) is 8.42 Å². The number of hydrogen-bond donors (Lipinski definition) is 1. The summed E-state index contributed by atoms with van der Waals surface area (Å²) in [6, 6.07) is 14.0. The summed E-state index contributed by atoms with van der Waals surface area (Å²) in [5.74, 6) is 0.463. The van der Waals surface area contributed by atoms with Crippen molar-refractivity contribution in [3.63, 3.8) is 0 Å². The van der Waals surface area contributed by atoms with Crippen LogP contribution >= 0.6 is 11.8 Å². The summed E-state index contributed by atoms with van der Waals surface area (Å²) < 4.78 is 24.5. The molecule has 7 heteroatoms. The molecule has 0 fully saturated rings. The van der Waals surface area contributed by atoms with Crippen LogP contribution in [0.5, 0.6) is 0 Å². The zero-order chi connectivity index (χ0) is 18.4. The Balaban J connectivity index is 2.23. The van der Waals surface area contributed by atoms with Crippen molar-refractivity contribution in [3.05, 3.63) is 66.7 Å². The number of carbonyl (C=O) groups is 1. The lowest BCUT2D eigenvalue weighted by Crippen LogP contribution is -2.24. The van der Waals surface area contributed by atoms with Gasteiger partial charge in [0.1, 0.15) is 0 Å². The highest BCUT2D eigenvalue weighted by Gasteiger charge is 2.14. The van der Waals surface area contributed by atoms with Crippen LogP contribution in [0.15, 0.2) is 66.1 Å². The summed E-state index contributed by atoms with van der Waals surface area (Å²) in [7, 11) is -1.89. The van der Waals surface area contributed by atoms with Crippen molar-refractivity contribution in [2.24, 2.45) is 0 Å². The Hall–Kier alpha value is -2.25. The third-order valence-electron chi connectivity index (χ3n) is 3.45. The van der Waals surface area contributed by atoms with E-state index in [1.807, 2.05) is 12.1 Å². The first-order valence-corrected chi connectivity index (χ1v) is 10.3. The van der Waals surface area contributed by atoms with E-state index in [1.54, 1.807) is 42.5 Å². The summed E-state index contributed by atoms with van der Waals surface area (Å²) in [5, 5.41) is 2.82. The average Bonchev–Trinajstić information content (AvgIpc) is 2.59. The van der Waals surface area contributed by atoms with Crippen LogP contribution < -0.4 is 9.62 Å². The monoisotopic (exact) mass is 376 g/mol. The van der Waals surface area contributed by atoms with Crippen molar-refractivity contribution in [1.29, 1.82) is 0 Å². The van der Waals surface area contributed by atoms with Crippen LogP contribution in [0.2, 0.25) is 0 Å². The Morgan fingerprint density at radius 2 is 1.96 bits per heavy atom. The predicted octanol–water partition coefficient (Wildman–Crippen LogP) is 3.61. The number of nitrogens with one attached hydrogen (secondary N) is 1. The third kappa shape index (κ3) is 5.11. The molecule has 1 amide bonds. The first-order chi connectivity index (χ1) is 11.8. The zero-order valence-electron chi connectivity index (χ0n) is 14.1. The molecule has 0 radical (unpaired) electrons. The molecule has 2 aromatic carbocycles. The number of amides is 1. The predicted molar refractivity (Wildman–Crippen MR) is 105 cm³/mol. The van der Waals surface area contributed by atoms with Gasteiger partial charge in [-0.15, -0.1) is 18.3 Å². The fourth-order valence-electron chi connectivity index (χ4n) is 2.10. The number of sulfonamides is 1. The molecule has 25 heavy (non-hydrogen) atoms. The van der Waals surface area contributed by atoms with Crippen molar-refractivity contribution in [1.82, 2.24) is 0 Å². The van der Waals surface area contributed by atoms with Gasteiger partial charge in [-0.3, -0.25) is 9.10 Å². The highest BCUT2D eigenvalue weighted by atomic mass is 32.2. The highest BCUT2D eigenvalue weighted by molar-refractivity contribution is 7.99. The Morgan fingerprint density at radius 1 is 1.24 bits per heavy atom. The second-order valence-electron chi connectivity index (χ2n) is 5.33. The molecule has 0 spiro atoms. The Labute approximate surface area is 152 Å². The molecule has 0 unspecified atom stereocenters. The lowest BCUT2D eigenvalue weighted by atomic mass is 10.2. The molecule has 0 bridgehead atoms. The summed E-state index contributed by atoms with van der Waals surface area (Å²) in [5.41, 5.74) is 1.58. The van der Waals surface area contributed by atoms with Crippen LogP contribution in [0.4, 0.5) is 11.4 Å². The maximum Gasteiger partial charge on any atom is 0.256 e. The smallest absolute Gasteiger partial charge is 0.256 e. The average molecular weight is 377 g/mol. The van der Waals surface area contributed by atoms with Crippen LogP contribution in [0.3, 0.4) is 0 Å². The molecule has 5 nitrogen and oxygen atoms in total. The second kappa shape index (κ2) is 8.22. The minimum Gasteiger partial charge on any atom is -0.322 e. The lowest BCUT2D eigenvalue weighted by Gasteiger charge is -2.17. The summed E-state index contributed by atoms with van der Waals surface area (Å²) in [4.78, 5) is 13.5. The van der Waals surface area contributed by atoms with Crippen LogP contribution in [0, 0.1) is 0 Å². The zero-order valence-corrected chi connectivity index (χ0v) is 15.7. The minimum absolute atomic E-state index is 0.244. The molecule has 0 heterocycles. The SMILES string of the molecule is C=CCSc1ccccc1C(=O)Nc1cccc(N(C)S(C)(=O)=O)c1. The molecule has 0 aromatic heterocycles. The number of thioether (sulfide) groups is 1. The van der Waals surface area contributed by atoms with Crippen LogP contribution in [0.25, 0.3) is 0 Å². The van der Waals surface area contributed by atoms with Gasteiger partial charge in [0, 0.05) is 23.4 Å². The summed E-state index contributed by atoms with van der Waals surface area (Å²) >= 11 is 1.53. The number of nitrogens with zero attached hydrogens (tertiary/aromatic N) is 1. The van der Waals surface area contributed by atoms with Crippen molar-refractivity contribution >= 4 is 39.1 Å². The van der Waals surface area contributed by atoms with E-state index >= 15 is 0 Å². The maximum atomic E-state index is 12.6. The van der Waals surface area contributed by atoms with Gasteiger partial charge in [-0.2, -0.15) is 0 Å². The van der Waals surface area contributed by atoms with Gasteiger partial charge < -0.3 is 5.32 Å². The Kier molecular flexibility index (Phi) is 6.27. The Morgan fingerprint density at radius 3 is 2.64 bits per heavy atom. The van der Waals surface area contributed by atoms with E-state index in [1.165, 1.54) is 18.8 Å². The van der Waals surface area contributed by atoms with Gasteiger partial charge in [-0.05, 0) is 30.3 Å². The molecule has 0 atom stereocenters. The quantitative estimate of drug-likeness (QED) is 0.592. The number of carbonyl (C=O) groups excluding carboxylic acids is 1. The van der Waals surface area contributed by atoms with Crippen molar-refractivity contribution < 1.29 is 13.2 Å². The normalized spacial score (nSPS) is 11.0. The van der Waals surface area contributed by atoms with Gasteiger partial charge in [0.25, 0.3) is 5.91 Å². The highest BCUT2D eigenvalue weighted by Crippen LogP contribution is 2.25. The maximum absolute atomic E-state index is 12.6. The minimum atomic E-state index is -3.36. The van der Waals surface area contributed by atoms with E-state index in [0.29, 0.717) is 22.7 Å². The van der Waals surface area contributed by atoms with E-state index in [-0.39, 0.29) is 5.91 Å². The summed E-state index contributed by atoms with van der Waals surface area (Å²) in [6.45, 7) is 3.69. The first-order valence-electron chi connectivity index (χ1n) is 7.51. The van der Waals surface area contributed by atoms with Gasteiger partial charge >= 0.3 is 0 Å². The fourth-order valence-corrected chi connectivity index (χ4v) is 3.38. The lowest BCUT2D eigenvalue weighted by molar-refractivity contribution is 0.102. The molecule has 0 aliphatic heterocycles. The van der Waals surface area contributed by atoms with E-state index in [9.17, 15) is 13.2 Å². The van der Waals surface area contributed by atoms with Gasteiger partial charge in [0.2, 0.25) is 10.0 Å². The summed E-state index contributed by atoms with van der Waals surface area (Å²) in [6.07, 6.45) is 2.91. The molecule has 1 N–H and O–H groups in total. The molecular formula is C18H20N2O3S2. The van der Waals surface area contributed by atoms with Crippen molar-refractivity contribution in [3.8, 4) is 0 Å². The van der Waals surface area contributed by atoms with Crippen LogP contribution in [-0.2, 0) is 10.0 Å². The van der Waals surface area contributed by atoms with E-state index in [2.05, 4.69) is 11.9 Å². The van der Waals surface area contributed by atoms with Crippen molar-refractivity contribution in [2.75, 3.05) is 28.7 Å². The molecule has 2 rings (SSSR count). The van der Waals surface area contributed by atoms with Crippen LogP contribution in [-0.4, -0.2) is 33.4 Å². The number of rotatable bonds is 7. The molecule has 132 valence electrons. The van der Waals surface area contributed by atoms with Gasteiger partial charge in [0.05, 0.1) is 17.5 Å². The molecule has 2 aromatic rings. The van der Waals surface area contributed by atoms with Gasteiger partial charge in [-0.1, -0.05) is 24.3 Å². The number of benzene rings is 2. The topological polar surface area (TPSA) is 66.5 Å². The fraction of sp³-hybridized carbons (Fsp3) is 0.167. The third-order valence-corrected chi connectivity index (χ3v) is 5.73. The number of hydrogen-bond acceptors (Lipinski definition) is 4. The number of anilines is 2. The first kappa shape index (κ1) is 19.1. The molecule has 0 aliphatic carbocycles. The molecular weight excluding hydrogens is 356 g/mol.